The van der Waals surface area contributed by atoms with Gasteiger partial charge in [-0.1, -0.05) is 12.1 Å². The third-order valence-electron chi connectivity index (χ3n) is 4.02. The van der Waals surface area contributed by atoms with E-state index >= 15 is 0 Å². The Labute approximate surface area is 106 Å². The molecule has 1 amide bonds. The van der Waals surface area contributed by atoms with E-state index in [1.165, 1.54) is 18.6 Å². The number of carbonyl (C=O) groups excluding carboxylic acids is 1. The molecule has 1 aromatic rings. The number of halogens is 1. The van der Waals surface area contributed by atoms with E-state index in [1.54, 1.807) is 12.1 Å². The van der Waals surface area contributed by atoms with Gasteiger partial charge in [0, 0.05) is 18.6 Å². The quantitative estimate of drug-likeness (QED) is 0.852. The van der Waals surface area contributed by atoms with Gasteiger partial charge in [-0.15, -0.1) is 0 Å². The Morgan fingerprint density at radius 1 is 1.33 bits per heavy atom. The van der Waals surface area contributed by atoms with E-state index in [0.29, 0.717) is 18.6 Å². The number of amides is 1. The Morgan fingerprint density at radius 2 is 2.11 bits per heavy atom. The molecular formula is C14H17FN2O. The summed E-state index contributed by atoms with van der Waals surface area (Å²) in [5, 5.41) is 6.40. The highest BCUT2D eigenvalue weighted by Crippen LogP contribution is 2.33. The highest BCUT2D eigenvalue weighted by Gasteiger charge is 2.42. The van der Waals surface area contributed by atoms with Gasteiger partial charge in [0.1, 0.15) is 5.82 Å². The van der Waals surface area contributed by atoms with Crippen LogP contribution in [0.5, 0.6) is 0 Å². The Kier molecular flexibility index (Phi) is 3.04. The first-order valence-corrected chi connectivity index (χ1v) is 6.50. The molecule has 3 unspecified atom stereocenters. The van der Waals surface area contributed by atoms with Crippen molar-refractivity contribution in [3.05, 3.63) is 35.6 Å². The topological polar surface area (TPSA) is 41.1 Å². The van der Waals surface area contributed by atoms with Gasteiger partial charge in [0.05, 0.1) is 5.92 Å². The molecule has 2 fully saturated rings. The fourth-order valence-corrected chi connectivity index (χ4v) is 3.04. The van der Waals surface area contributed by atoms with E-state index in [-0.39, 0.29) is 17.6 Å². The molecule has 0 radical (unpaired) electrons. The second kappa shape index (κ2) is 4.69. The first-order valence-electron chi connectivity index (χ1n) is 6.50. The average Bonchev–Trinajstić information content (AvgIpc) is 3.00. The lowest BCUT2D eigenvalue weighted by molar-refractivity contribution is -0.125. The van der Waals surface area contributed by atoms with Gasteiger partial charge in [-0.3, -0.25) is 4.79 Å². The molecule has 2 aliphatic rings. The van der Waals surface area contributed by atoms with Gasteiger partial charge in [0.25, 0.3) is 0 Å². The Morgan fingerprint density at radius 3 is 2.72 bits per heavy atom. The van der Waals surface area contributed by atoms with Crippen LogP contribution in [0, 0.1) is 11.7 Å². The van der Waals surface area contributed by atoms with E-state index in [1.807, 2.05) is 0 Å². The monoisotopic (exact) mass is 248 g/mol. The van der Waals surface area contributed by atoms with Crippen molar-refractivity contribution in [1.82, 2.24) is 10.6 Å². The van der Waals surface area contributed by atoms with Crippen molar-refractivity contribution >= 4 is 5.91 Å². The normalized spacial score (nSPS) is 29.5. The van der Waals surface area contributed by atoms with Crippen LogP contribution in [0.25, 0.3) is 0 Å². The molecule has 18 heavy (non-hydrogen) atoms. The number of benzene rings is 1. The minimum absolute atomic E-state index is 0.115. The fourth-order valence-electron chi connectivity index (χ4n) is 3.04. The van der Waals surface area contributed by atoms with E-state index < -0.39 is 0 Å². The van der Waals surface area contributed by atoms with Gasteiger partial charge < -0.3 is 10.6 Å². The van der Waals surface area contributed by atoms with Gasteiger partial charge in [-0.2, -0.15) is 0 Å². The standard InChI is InChI=1S/C14H17FN2O/c15-10-3-1-9(2-4-10)8-16-14(18)12-7-11-5-6-13(12)17-11/h1-4,11-13,17H,5-8H2,(H,16,18). The van der Waals surface area contributed by atoms with Crippen LogP contribution in [0.2, 0.25) is 0 Å². The second-order valence-electron chi connectivity index (χ2n) is 5.23. The second-order valence-corrected chi connectivity index (χ2v) is 5.23. The lowest BCUT2D eigenvalue weighted by Gasteiger charge is -2.19. The SMILES string of the molecule is O=C(NCc1ccc(F)cc1)C1CC2CCC1N2. The van der Waals surface area contributed by atoms with Gasteiger partial charge in [-0.05, 0) is 37.0 Å². The van der Waals surface area contributed by atoms with E-state index in [4.69, 9.17) is 0 Å². The summed E-state index contributed by atoms with van der Waals surface area (Å²) in [6.07, 6.45) is 3.27. The number of nitrogens with one attached hydrogen (secondary N) is 2. The van der Waals surface area contributed by atoms with Gasteiger partial charge in [-0.25, -0.2) is 4.39 Å². The molecule has 2 aliphatic heterocycles. The van der Waals surface area contributed by atoms with Gasteiger partial charge in [0.2, 0.25) is 5.91 Å². The average molecular weight is 248 g/mol. The van der Waals surface area contributed by atoms with Crippen molar-refractivity contribution in [2.45, 2.75) is 37.9 Å². The van der Waals surface area contributed by atoms with Crippen LogP contribution in [-0.4, -0.2) is 18.0 Å². The first-order chi connectivity index (χ1) is 8.72. The van der Waals surface area contributed by atoms with Crippen LogP contribution in [0.4, 0.5) is 4.39 Å². The zero-order valence-corrected chi connectivity index (χ0v) is 10.2. The smallest absolute Gasteiger partial charge is 0.225 e. The summed E-state index contributed by atoms with van der Waals surface area (Å²) in [5.74, 6) is -0.00870. The molecule has 0 saturated carbocycles. The molecule has 0 spiro atoms. The molecule has 2 bridgehead atoms. The van der Waals surface area contributed by atoms with Crippen molar-refractivity contribution in [3.63, 3.8) is 0 Å². The summed E-state index contributed by atoms with van der Waals surface area (Å²) >= 11 is 0. The zero-order valence-electron chi connectivity index (χ0n) is 10.2. The molecule has 2 N–H and O–H groups in total. The summed E-state index contributed by atoms with van der Waals surface area (Å²) in [5.41, 5.74) is 0.931. The minimum Gasteiger partial charge on any atom is -0.352 e. The summed E-state index contributed by atoms with van der Waals surface area (Å²) < 4.78 is 12.7. The number of hydrogen-bond donors (Lipinski definition) is 2. The van der Waals surface area contributed by atoms with Crippen LogP contribution < -0.4 is 10.6 Å². The predicted octanol–water partition coefficient (Wildman–Crippen LogP) is 1.58. The number of rotatable bonds is 3. The number of carbonyl (C=O) groups is 1. The molecule has 0 aliphatic carbocycles. The maximum atomic E-state index is 12.7. The molecule has 4 heteroatoms. The first kappa shape index (κ1) is 11.7. The highest BCUT2D eigenvalue weighted by molar-refractivity contribution is 5.80. The molecule has 0 aromatic heterocycles. The van der Waals surface area contributed by atoms with E-state index in [9.17, 15) is 9.18 Å². The van der Waals surface area contributed by atoms with E-state index in [0.717, 1.165) is 18.4 Å². The predicted molar refractivity (Wildman–Crippen MR) is 66.3 cm³/mol. The minimum atomic E-state index is -0.248. The third kappa shape index (κ3) is 2.25. The summed E-state index contributed by atoms with van der Waals surface area (Å²) in [6.45, 7) is 0.479. The lowest BCUT2D eigenvalue weighted by atomic mass is 9.88. The van der Waals surface area contributed by atoms with Crippen LogP contribution in [0.15, 0.2) is 24.3 Å². The van der Waals surface area contributed by atoms with Crippen molar-refractivity contribution in [2.75, 3.05) is 0 Å². The fraction of sp³-hybridized carbons (Fsp3) is 0.500. The zero-order chi connectivity index (χ0) is 12.5. The Balaban J connectivity index is 1.54. The molecule has 3 nitrogen and oxygen atoms in total. The van der Waals surface area contributed by atoms with Crippen LogP contribution >= 0.6 is 0 Å². The van der Waals surface area contributed by atoms with Crippen molar-refractivity contribution < 1.29 is 9.18 Å². The van der Waals surface area contributed by atoms with Crippen LogP contribution in [-0.2, 0) is 11.3 Å². The molecular weight excluding hydrogens is 231 g/mol. The molecule has 2 heterocycles. The molecule has 2 saturated heterocycles. The molecule has 3 atom stereocenters. The van der Waals surface area contributed by atoms with Gasteiger partial charge in [0.15, 0.2) is 0 Å². The molecule has 96 valence electrons. The lowest BCUT2D eigenvalue weighted by Crippen LogP contribution is -2.37. The summed E-state index contributed by atoms with van der Waals surface area (Å²) in [7, 11) is 0. The largest absolute Gasteiger partial charge is 0.352 e. The van der Waals surface area contributed by atoms with Crippen LogP contribution in [0.1, 0.15) is 24.8 Å². The summed E-state index contributed by atoms with van der Waals surface area (Å²) in [6, 6.07) is 7.14. The number of hydrogen-bond acceptors (Lipinski definition) is 2. The molecule has 3 rings (SSSR count). The van der Waals surface area contributed by atoms with Crippen molar-refractivity contribution in [3.8, 4) is 0 Å². The molecule has 1 aromatic carbocycles. The number of fused-ring (bicyclic) bond motifs is 2. The third-order valence-corrected chi connectivity index (χ3v) is 4.02. The summed E-state index contributed by atoms with van der Waals surface area (Å²) in [4.78, 5) is 12.1. The Hall–Kier alpha value is -1.42. The maximum absolute atomic E-state index is 12.7. The van der Waals surface area contributed by atoms with E-state index in [2.05, 4.69) is 10.6 Å². The van der Waals surface area contributed by atoms with Crippen LogP contribution in [0.3, 0.4) is 0 Å². The Bertz CT molecular complexity index is 446. The highest BCUT2D eigenvalue weighted by atomic mass is 19.1. The van der Waals surface area contributed by atoms with Crippen molar-refractivity contribution in [1.29, 1.82) is 0 Å². The van der Waals surface area contributed by atoms with Crippen molar-refractivity contribution in [2.24, 2.45) is 5.92 Å². The van der Waals surface area contributed by atoms with Gasteiger partial charge >= 0.3 is 0 Å². The maximum Gasteiger partial charge on any atom is 0.225 e.